The molecule has 0 bridgehead atoms. The fourth-order valence-electron chi connectivity index (χ4n) is 1.50. The molecule has 0 amide bonds. The van der Waals surface area contributed by atoms with Gasteiger partial charge < -0.3 is 0 Å². The molecule has 2 aromatic rings. The van der Waals surface area contributed by atoms with E-state index in [1.807, 2.05) is 0 Å². The number of thiol groups is 1. The highest BCUT2D eigenvalue weighted by Crippen LogP contribution is 2.36. The summed E-state index contributed by atoms with van der Waals surface area (Å²) in [6.07, 6.45) is -3.13. The van der Waals surface area contributed by atoms with Crippen LogP contribution in [-0.2, 0) is 6.18 Å². The lowest BCUT2D eigenvalue weighted by Gasteiger charge is -2.12. The lowest BCUT2D eigenvalue weighted by atomic mass is 10.1. The highest BCUT2D eigenvalue weighted by Gasteiger charge is 2.34. The minimum Gasteiger partial charge on any atom is -0.254 e. The molecule has 1 aromatic heterocycles. The fraction of sp³-hybridized carbons (Fsp3) is 0.0833. The number of rotatable bonds is 1. The second kappa shape index (κ2) is 4.41. The molecule has 1 nitrogen and oxygen atoms in total. The smallest absolute Gasteiger partial charge is 0.254 e. The van der Waals surface area contributed by atoms with Gasteiger partial charge in [-0.1, -0.05) is 30.3 Å². The SMILES string of the molecule is FC(F)(F)c1cc(S)cnc1-c1ccccc1. The van der Waals surface area contributed by atoms with Crippen LogP contribution >= 0.6 is 12.6 Å². The van der Waals surface area contributed by atoms with Crippen LogP contribution in [0.2, 0.25) is 0 Å². The lowest BCUT2D eigenvalue weighted by molar-refractivity contribution is -0.137. The number of benzene rings is 1. The van der Waals surface area contributed by atoms with Crippen molar-refractivity contribution < 1.29 is 13.2 Å². The van der Waals surface area contributed by atoms with Gasteiger partial charge in [0.05, 0.1) is 11.3 Å². The van der Waals surface area contributed by atoms with Gasteiger partial charge in [-0.3, -0.25) is 4.98 Å². The number of pyridine rings is 1. The van der Waals surface area contributed by atoms with Crippen molar-refractivity contribution in [1.29, 1.82) is 0 Å². The van der Waals surface area contributed by atoms with E-state index >= 15 is 0 Å². The van der Waals surface area contributed by atoms with E-state index in [9.17, 15) is 13.2 Å². The van der Waals surface area contributed by atoms with Crippen LogP contribution in [0.5, 0.6) is 0 Å². The lowest BCUT2D eigenvalue weighted by Crippen LogP contribution is -2.08. The third-order valence-electron chi connectivity index (χ3n) is 2.23. The number of hydrogen-bond acceptors (Lipinski definition) is 2. The third kappa shape index (κ3) is 2.61. The summed E-state index contributed by atoms with van der Waals surface area (Å²) in [4.78, 5) is 4.01. The van der Waals surface area contributed by atoms with E-state index in [2.05, 4.69) is 17.6 Å². The van der Waals surface area contributed by atoms with Gasteiger partial charge in [-0.15, -0.1) is 12.6 Å². The van der Waals surface area contributed by atoms with Crippen molar-refractivity contribution >= 4 is 12.6 Å². The molecule has 0 N–H and O–H groups in total. The zero-order valence-corrected chi connectivity index (χ0v) is 9.46. The highest BCUT2D eigenvalue weighted by atomic mass is 32.1. The number of nitrogens with zero attached hydrogens (tertiary/aromatic N) is 1. The summed E-state index contributed by atoms with van der Waals surface area (Å²) in [5, 5.41) is 0. The topological polar surface area (TPSA) is 12.9 Å². The summed E-state index contributed by atoms with van der Waals surface area (Å²) in [6, 6.07) is 9.26. The monoisotopic (exact) mass is 255 g/mol. The molecular formula is C12H8F3NS. The predicted octanol–water partition coefficient (Wildman–Crippen LogP) is 4.06. The van der Waals surface area contributed by atoms with Gasteiger partial charge >= 0.3 is 6.18 Å². The molecular weight excluding hydrogens is 247 g/mol. The summed E-state index contributed by atoms with van der Waals surface area (Å²) in [5.41, 5.74) is -0.403. The molecule has 5 heteroatoms. The minimum absolute atomic E-state index is 0.0732. The first-order chi connectivity index (χ1) is 7.98. The van der Waals surface area contributed by atoms with E-state index in [0.29, 0.717) is 5.56 Å². The molecule has 2 rings (SSSR count). The maximum Gasteiger partial charge on any atom is 0.418 e. The number of hydrogen-bond donors (Lipinski definition) is 1. The van der Waals surface area contributed by atoms with Crippen molar-refractivity contribution in [2.24, 2.45) is 0 Å². The Balaban J connectivity index is 2.63. The Morgan fingerprint density at radius 2 is 1.71 bits per heavy atom. The largest absolute Gasteiger partial charge is 0.418 e. The molecule has 0 saturated heterocycles. The van der Waals surface area contributed by atoms with Gasteiger partial charge in [-0.2, -0.15) is 13.2 Å². The summed E-state index contributed by atoms with van der Waals surface area (Å²) >= 11 is 3.88. The zero-order chi connectivity index (χ0) is 12.5. The molecule has 0 atom stereocenters. The molecule has 0 fully saturated rings. The summed E-state index contributed by atoms with van der Waals surface area (Å²) in [5.74, 6) is 0. The molecule has 0 radical (unpaired) electrons. The number of aromatic nitrogens is 1. The van der Waals surface area contributed by atoms with Crippen LogP contribution < -0.4 is 0 Å². The maximum absolute atomic E-state index is 12.8. The molecule has 0 unspecified atom stereocenters. The number of halogens is 3. The van der Waals surface area contributed by atoms with Crippen LogP contribution in [0.1, 0.15) is 5.56 Å². The molecule has 1 aromatic carbocycles. The molecule has 0 aliphatic heterocycles. The zero-order valence-electron chi connectivity index (χ0n) is 8.57. The van der Waals surface area contributed by atoms with Crippen LogP contribution in [0.25, 0.3) is 11.3 Å². The van der Waals surface area contributed by atoms with E-state index in [1.165, 1.54) is 6.20 Å². The van der Waals surface area contributed by atoms with Crippen LogP contribution in [0.15, 0.2) is 47.5 Å². The molecule has 1 heterocycles. The van der Waals surface area contributed by atoms with Crippen molar-refractivity contribution in [1.82, 2.24) is 4.98 Å². The van der Waals surface area contributed by atoms with E-state index in [4.69, 9.17) is 0 Å². The number of alkyl halides is 3. The Morgan fingerprint density at radius 3 is 2.29 bits per heavy atom. The Kier molecular flexibility index (Phi) is 3.11. The van der Waals surface area contributed by atoms with Crippen molar-refractivity contribution in [2.45, 2.75) is 11.1 Å². The first kappa shape index (κ1) is 12.0. The standard InChI is InChI=1S/C12H8F3NS/c13-12(14,15)10-6-9(17)7-16-11(10)8-4-2-1-3-5-8/h1-7,17H. The molecule has 0 aliphatic rings. The average Bonchev–Trinajstić information content (AvgIpc) is 2.29. The summed E-state index contributed by atoms with van der Waals surface area (Å²) < 4.78 is 38.5. The summed E-state index contributed by atoms with van der Waals surface area (Å²) in [6.45, 7) is 0. The van der Waals surface area contributed by atoms with Crippen molar-refractivity contribution in [2.75, 3.05) is 0 Å². The van der Waals surface area contributed by atoms with Gasteiger partial charge in [-0.25, -0.2) is 0 Å². The first-order valence-electron chi connectivity index (χ1n) is 4.80. The normalized spacial score (nSPS) is 11.5. The Bertz CT molecular complexity index is 523. The van der Waals surface area contributed by atoms with Gasteiger partial charge in [-0.05, 0) is 6.07 Å². The van der Waals surface area contributed by atoms with Gasteiger partial charge in [0.15, 0.2) is 0 Å². The van der Waals surface area contributed by atoms with E-state index < -0.39 is 11.7 Å². The highest BCUT2D eigenvalue weighted by molar-refractivity contribution is 7.80. The first-order valence-corrected chi connectivity index (χ1v) is 5.25. The van der Waals surface area contributed by atoms with E-state index in [0.717, 1.165) is 6.07 Å². The molecule has 0 spiro atoms. The third-order valence-corrected chi connectivity index (χ3v) is 2.47. The van der Waals surface area contributed by atoms with E-state index in [1.54, 1.807) is 30.3 Å². The maximum atomic E-state index is 12.8. The fourth-order valence-corrected chi connectivity index (χ4v) is 1.68. The van der Waals surface area contributed by atoms with Gasteiger partial charge in [0.2, 0.25) is 0 Å². The Labute approximate surface area is 102 Å². The van der Waals surface area contributed by atoms with Crippen LogP contribution in [-0.4, -0.2) is 4.98 Å². The van der Waals surface area contributed by atoms with Crippen molar-refractivity contribution in [3.8, 4) is 11.3 Å². The Hall–Kier alpha value is -1.49. The Morgan fingerprint density at radius 1 is 1.06 bits per heavy atom. The molecule has 0 aliphatic carbocycles. The van der Waals surface area contributed by atoms with Crippen LogP contribution in [0.3, 0.4) is 0 Å². The van der Waals surface area contributed by atoms with E-state index in [-0.39, 0.29) is 10.6 Å². The van der Waals surface area contributed by atoms with Crippen LogP contribution in [0, 0.1) is 0 Å². The average molecular weight is 255 g/mol. The second-order valence-electron chi connectivity index (χ2n) is 3.45. The molecule has 0 saturated carbocycles. The molecule has 17 heavy (non-hydrogen) atoms. The minimum atomic E-state index is -4.43. The van der Waals surface area contributed by atoms with Crippen molar-refractivity contribution in [3.63, 3.8) is 0 Å². The predicted molar refractivity (Wildman–Crippen MR) is 61.9 cm³/mol. The van der Waals surface area contributed by atoms with Gasteiger partial charge in [0, 0.05) is 16.7 Å². The van der Waals surface area contributed by atoms with Gasteiger partial charge in [0.25, 0.3) is 0 Å². The van der Waals surface area contributed by atoms with Crippen LogP contribution in [0.4, 0.5) is 13.2 Å². The van der Waals surface area contributed by atoms with Gasteiger partial charge in [0.1, 0.15) is 0 Å². The quantitative estimate of drug-likeness (QED) is 0.758. The summed E-state index contributed by atoms with van der Waals surface area (Å²) in [7, 11) is 0. The second-order valence-corrected chi connectivity index (χ2v) is 3.97. The van der Waals surface area contributed by atoms with Crippen molar-refractivity contribution in [3.05, 3.63) is 48.2 Å². The molecule has 88 valence electrons.